The molecule has 0 radical (unpaired) electrons. The SMILES string of the molecule is CC(=O)NS(=O)(=O)c1cc(Cl)c(NC(=O)C(=Nc2ccc(N(C)C)cc2)C2=Nc3ccccc3CN2c2ccco2)cc1Cl. The maximum atomic E-state index is 14.0. The predicted molar refractivity (Wildman–Crippen MR) is 172 cm³/mol. The van der Waals surface area contributed by atoms with Gasteiger partial charge in [-0.25, -0.2) is 23.1 Å². The van der Waals surface area contributed by atoms with Crippen LogP contribution in [0.2, 0.25) is 10.0 Å². The molecule has 3 aromatic carbocycles. The molecule has 4 aromatic rings. The number of halogens is 2. The number of rotatable bonds is 8. The minimum absolute atomic E-state index is 0.0143. The molecule has 0 aliphatic carbocycles. The number of benzene rings is 3. The summed E-state index contributed by atoms with van der Waals surface area (Å²) in [7, 11) is -0.473. The van der Waals surface area contributed by atoms with E-state index >= 15 is 0 Å². The summed E-state index contributed by atoms with van der Waals surface area (Å²) in [6, 6.07) is 20.5. The van der Waals surface area contributed by atoms with E-state index < -0.39 is 26.7 Å². The highest BCUT2D eigenvalue weighted by molar-refractivity contribution is 7.90. The summed E-state index contributed by atoms with van der Waals surface area (Å²) in [6.07, 6.45) is 1.52. The van der Waals surface area contributed by atoms with Gasteiger partial charge in [-0.05, 0) is 54.1 Å². The van der Waals surface area contributed by atoms with Crippen LogP contribution in [0.1, 0.15) is 12.5 Å². The largest absolute Gasteiger partial charge is 0.448 e. The first-order chi connectivity index (χ1) is 20.9. The highest BCUT2D eigenvalue weighted by Gasteiger charge is 2.31. The molecule has 2 N–H and O–H groups in total. The third kappa shape index (κ3) is 6.62. The third-order valence-corrected chi connectivity index (χ3v) is 8.66. The van der Waals surface area contributed by atoms with Crippen molar-refractivity contribution in [2.45, 2.75) is 18.4 Å². The molecular weight excluding hydrogens is 627 g/mol. The Labute approximate surface area is 263 Å². The molecule has 2 amide bonds. The topological polar surface area (TPSA) is 137 Å². The Hall–Kier alpha value is -4.65. The number of carbonyl (C=O) groups is 2. The minimum Gasteiger partial charge on any atom is -0.448 e. The normalized spacial score (nSPS) is 13.2. The summed E-state index contributed by atoms with van der Waals surface area (Å²) in [5.74, 6) is -0.855. The molecule has 44 heavy (non-hydrogen) atoms. The standard InChI is InChI=1S/C30H26Cl2N6O5S/c1-18(39)36-44(41,42)26-16-22(31)25(15-23(26)32)35-30(40)28(33-20-10-12-21(13-11-20)37(2)3)29-34-24-8-5-4-7-19(24)17-38(29)27-9-6-14-43-27/h4-16H,17H2,1-3H3,(H,35,40)(H,36,39). The number of para-hydroxylation sites is 1. The highest BCUT2D eigenvalue weighted by Crippen LogP contribution is 2.34. The summed E-state index contributed by atoms with van der Waals surface area (Å²) in [5, 5.41) is 2.29. The molecule has 0 saturated carbocycles. The van der Waals surface area contributed by atoms with Crippen molar-refractivity contribution in [1.29, 1.82) is 0 Å². The molecule has 0 fully saturated rings. The van der Waals surface area contributed by atoms with Gasteiger partial charge in [0.2, 0.25) is 11.8 Å². The first kappa shape index (κ1) is 30.8. The third-order valence-electron chi connectivity index (χ3n) is 6.45. The zero-order valence-corrected chi connectivity index (χ0v) is 26.0. The van der Waals surface area contributed by atoms with E-state index in [2.05, 4.69) is 5.32 Å². The van der Waals surface area contributed by atoms with Gasteiger partial charge in [0.25, 0.3) is 15.9 Å². The molecule has 1 aliphatic rings. The molecule has 226 valence electrons. The van der Waals surface area contributed by atoms with Gasteiger partial charge in [0.15, 0.2) is 11.5 Å². The average Bonchev–Trinajstić information content (AvgIpc) is 3.51. The van der Waals surface area contributed by atoms with Crippen molar-refractivity contribution < 1.29 is 22.4 Å². The van der Waals surface area contributed by atoms with E-state index in [4.69, 9.17) is 37.6 Å². The second-order valence-corrected chi connectivity index (χ2v) is 12.3. The summed E-state index contributed by atoms with van der Waals surface area (Å²) < 4.78 is 32.7. The monoisotopic (exact) mass is 652 g/mol. The molecular formula is C30H26Cl2N6O5S. The number of hydrogen-bond acceptors (Lipinski definition) is 9. The molecule has 1 aliphatic heterocycles. The molecule has 0 saturated heterocycles. The lowest BCUT2D eigenvalue weighted by Crippen LogP contribution is -2.43. The summed E-state index contributed by atoms with van der Waals surface area (Å²) >= 11 is 12.7. The van der Waals surface area contributed by atoms with Gasteiger partial charge in [0, 0.05) is 32.8 Å². The number of nitrogens with one attached hydrogen (secondary N) is 2. The van der Waals surface area contributed by atoms with Crippen molar-refractivity contribution in [3.63, 3.8) is 0 Å². The second-order valence-electron chi connectivity index (χ2n) is 9.85. The van der Waals surface area contributed by atoms with Crippen LogP contribution in [0.15, 0.2) is 98.4 Å². The Kier molecular flexibility index (Phi) is 8.77. The number of hydrogen-bond donors (Lipinski definition) is 2. The van der Waals surface area contributed by atoms with Crippen molar-refractivity contribution in [3.05, 3.63) is 94.7 Å². The van der Waals surface area contributed by atoms with Crippen LogP contribution in [0.4, 0.5) is 28.6 Å². The van der Waals surface area contributed by atoms with E-state index in [9.17, 15) is 18.0 Å². The molecule has 14 heteroatoms. The second kappa shape index (κ2) is 12.5. The molecule has 1 aromatic heterocycles. The zero-order valence-electron chi connectivity index (χ0n) is 23.7. The Bertz CT molecular complexity index is 1910. The minimum atomic E-state index is -4.29. The molecule has 0 spiro atoms. The van der Waals surface area contributed by atoms with Gasteiger partial charge >= 0.3 is 0 Å². The van der Waals surface area contributed by atoms with Gasteiger partial charge in [-0.2, -0.15) is 0 Å². The van der Waals surface area contributed by atoms with Crippen molar-refractivity contribution in [1.82, 2.24) is 4.72 Å². The number of sulfonamides is 1. The van der Waals surface area contributed by atoms with Crippen LogP contribution < -0.4 is 19.8 Å². The Balaban J connectivity index is 1.60. The summed E-state index contributed by atoms with van der Waals surface area (Å²) in [5.41, 5.74) is 2.92. The van der Waals surface area contributed by atoms with Crippen molar-refractivity contribution >= 4 is 85.2 Å². The number of aliphatic imine (C=N–C) groups is 2. The van der Waals surface area contributed by atoms with Crippen LogP contribution in [-0.4, -0.2) is 45.9 Å². The van der Waals surface area contributed by atoms with E-state index in [1.807, 2.05) is 60.1 Å². The number of carbonyl (C=O) groups excluding carboxylic acids is 2. The Morgan fingerprint density at radius 1 is 1.00 bits per heavy atom. The van der Waals surface area contributed by atoms with Crippen LogP contribution in [0.3, 0.4) is 0 Å². The number of anilines is 3. The average molecular weight is 654 g/mol. The predicted octanol–water partition coefficient (Wildman–Crippen LogP) is 5.94. The van der Waals surface area contributed by atoms with Gasteiger partial charge in [-0.3, -0.25) is 14.5 Å². The molecule has 0 unspecified atom stereocenters. The lowest BCUT2D eigenvalue weighted by Gasteiger charge is -2.28. The summed E-state index contributed by atoms with van der Waals surface area (Å²) in [6.45, 7) is 1.39. The van der Waals surface area contributed by atoms with Crippen LogP contribution in [0.5, 0.6) is 0 Å². The van der Waals surface area contributed by atoms with Crippen LogP contribution in [0.25, 0.3) is 0 Å². The first-order valence-corrected chi connectivity index (χ1v) is 15.3. The van der Waals surface area contributed by atoms with Crippen molar-refractivity contribution in [2.24, 2.45) is 9.98 Å². The molecule has 5 rings (SSSR count). The lowest BCUT2D eigenvalue weighted by molar-refractivity contribution is -0.117. The van der Waals surface area contributed by atoms with Gasteiger partial charge < -0.3 is 14.6 Å². The van der Waals surface area contributed by atoms with E-state index in [1.165, 1.54) is 12.3 Å². The number of furan rings is 1. The van der Waals surface area contributed by atoms with Gasteiger partial charge in [-0.15, -0.1) is 0 Å². The number of nitrogens with zero attached hydrogens (tertiary/aromatic N) is 4. The van der Waals surface area contributed by atoms with Crippen LogP contribution in [-0.2, 0) is 26.2 Å². The van der Waals surface area contributed by atoms with Gasteiger partial charge in [0.1, 0.15) is 4.90 Å². The summed E-state index contributed by atoms with van der Waals surface area (Å²) in [4.78, 5) is 38.2. The quantitative estimate of drug-likeness (QED) is 0.225. The van der Waals surface area contributed by atoms with E-state index in [0.29, 0.717) is 23.8 Å². The maximum Gasteiger partial charge on any atom is 0.278 e. The van der Waals surface area contributed by atoms with E-state index in [1.54, 1.807) is 29.2 Å². The fourth-order valence-corrected chi connectivity index (χ4v) is 6.19. The fraction of sp³-hybridized carbons (Fsp3) is 0.133. The zero-order chi connectivity index (χ0) is 31.6. The molecule has 11 nitrogen and oxygen atoms in total. The van der Waals surface area contributed by atoms with Gasteiger partial charge in [-0.1, -0.05) is 41.4 Å². The lowest BCUT2D eigenvalue weighted by atomic mass is 10.1. The van der Waals surface area contributed by atoms with Crippen molar-refractivity contribution in [2.75, 3.05) is 29.2 Å². The maximum absolute atomic E-state index is 14.0. The van der Waals surface area contributed by atoms with Crippen molar-refractivity contribution in [3.8, 4) is 0 Å². The molecule has 2 heterocycles. The highest BCUT2D eigenvalue weighted by atomic mass is 35.5. The van der Waals surface area contributed by atoms with Crippen LogP contribution in [0, 0.1) is 0 Å². The number of amidine groups is 1. The van der Waals surface area contributed by atoms with E-state index in [0.717, 1.165) is 24.2 Å². The van der Waals surface area contributed by atoms with E-state index in [-0.39, 0.29) is 27.3 Å². The smallest absolute Gasteiger partial charge is 0.278 e. The fourth-order valence-electron chi connectivity index (χ4n) is 4.37. The Morgan fingerprint density at radius 2 is 1.73 bits per heavy atom. The van der Waals surface area contributed by atoms with Crippen LogP contribution >= 0.6 is 23.2 Å². The first-order valence-electron chi connectivity index (χ1n) is 13.1. The molecule has 0 atom stereocenters. The Morgan fingerprint density at radius 3 is 2.39 bits per heavy atom. The van der Waals surface area contributed by atoms with Gasteiger partial charge in [0.05, 0.1) is 39.9 Å². The number of fused-ring (bicyclic) bond motifs is 1. The molecule has 0 bridgehead atoms. The number of amides is 2.